The van der Waals surface area contributed by atoms with Crippen LogP contribution in [0.25, 0.3) is 0 Å². The van der Waals surface area contributed by atoms with Crippen LogP contribution >= 0.6 is 0 Å². The van der Waals surface area contributed by atoms with Crippen LogP contribution in [-0.2, 0) is 4.74 Å². The zero-order chi connectivity index (χ0) is 13.3. The zero-order valence-corrected chi connectivity index (χ0v) is 9.58. The molecule has 0 bridgehead atoms. The molecule has 0 spiro atoms. The highest BCUT2D eigenvalue weighted by Crippen LogP contribution is 2.26. The Balaban J connectivity index is 2.16. The summed E-state index contributed by atoms with van der Waals surface area (Å²) in [7, 11) is 0. The van der Waals surface area contributed by atoms with Crippen LogP contribution in [0.15, 0.2) is 23.2 Å². The van der Waals surface area contributed by atoms with E-state index >= 15 is 0 Å². The van der Waals surface area contributed by atoms with E-state index in [0.717, 1.165) is 0 Å². The van der Waals surface area contributed by atoms with Gasteiger partial charge in [-0.15, -0.1) is 0 Å². The molecule has 0 radical (unpaired) electrons. The molecule has 0 fully saturated rings. The van der Waals surface area contributed by atoms with Crippen molar-refractivity contribution in [1.29, 1.82) is 0 Å². The number of nitrogens with two attached hydrogens (primary N) is 1. The Morgan fingerprint density at radius 2 is 2.22 bits per heavy atom. The maximum absolute atomic E-state index is 13.4. The Hall–Kier alpha value is -1.92. The average Bonchev–Trinajstić information content (AvgIpc) is 2.29. The van der Waals surface area contributed by atoms with Crippen LogP contribution < -0.4 is 11.1 Å². The lowest BCUT2D eigenvalue weighted by Gasteiger charge is -2.28. The summed E-state index contributed by atoms with van der Waals surface area (Å²) in [4.78, 5) is 3.52. The van der Waals surface area contributed by atoms with Gasteiger partial charge in [0, 0.05) is 5.69 Å². The minimum absolute atomic E-state index is 0.0335. The van der Waals surface area contributed by atoms with Crippen molar-refractivity contribution < 1.29 is 17.9 Å². The van der Waals surface area contributed by atoms with E-state index in [-0.39, 0.29) is 11.7 Å². The van der Waals surface area contributed by atoms with Crippen LogP contribution in [0.3, 0.4) is 0 Å². The van der Waals surface area contributed by atoms with E-state index in [1.807, 2.05) is 0 Å². The second-order valence-corrected chi connectivity index (χ2v) is 4.01. The maximum Gasteiger partial charge on any atom is 0.303 e. The smallest absolute Gasteiger partial charge is 0.303 e. The van der Waals surface area contributed by atoms with Gasteiger partial charge in [0.1, 0.15) is 12.4 Å². The number of hydrogen-bond donors (Lipinski definition) is 2. The van der Waals surface area contributed by atoms with Crippen molar-refractivity contribution >= 4 is 17.4 Å². The lowest BCUT2D eigenvalue weighted by Crippen LogP contribution is -2.43. The molecule has 1 aliphatic rings. The summed E-state index contributed by atoms with van der Waals surface area (Å²) in [6.45, 7) is 0.534. The molecule has 1 aromatic carbocycles. The van der Waals surface area contributed by atoms with Gasteiger partial charge in [0.05, 0.1) is 5.69 Å². The molecule has 1 heterocycles. The fourth-order valence-corrected chi connectivity index (χ4v) is 1.42. The molecule has 1 aromatic rings. The second kappa shape index (κ2) is 4.40. The van der Waals surface area contributed by atoms with E-state index in [4.69, 9.17) is 10.5 Å². The van der Waals surface area contributed by atoms with Gasteiger partial charge in [0.25, 0.3) is 6.02 Å². The van der Waals surface area contributed by atoms with Gasteiger partial charge in [-0.2, -0.15) is 0 Å². The molecule has 0 aromatic heterocycles. The summed E-state index contributed by atoms with van der Waals surface area (Å²) < 4.78 is 44.5. The third kappa shape index (κ3) is 2.49. The van der Waals surface area contributed by atoms with E-state index in [2.05, 4.69) is 10.3 Å². The number of alkyl halides is 2. The number of aliphatic imine (C=N–C) groups is 1. The summed E-state index contributed by atoms with van der Waals surface area (Å²) in [5.41, 5.74) is 5.87. The molecule has 0 amide bonds. The van der Waals surface area contributed by atoms with Crippen LogP contribution in [-0.4, -0.2) is 24.6 Å². The first-order valence-corrected chi connectivity index (χ1v) is 5.29. The molecule has 1 aliphatic heterocycles. The van der Waals surface area contributed by atoms with Gasteiger partial charge in [-0.1, -0.05) is 0 Å². The van der Waals surface area contributed by atoms with E-state index in [0.29, 0.717) is 5.69 Å². The van der Waals surface area contributed by atoms with E-state index in [9.17, 15) is 13.2 Å². The summed E-state index contributed by atoms with van der Waals surface area (Å²) in [5.74, 6) is -3.58. The number of nitrogens with zero attached hydrogens (tertiary/aromatic N) is 1. The molecule has 18 heavy (non-hydrogen) atoms. The van der Waals surface area contributed by atoms with Gasteiger partial charge in [0.15, 0.2) is 6.10 Å². The van der Waals surface area contributed by atoms with Gasteiger partial charge >= 0.3 is 5.92 Å². The van der Waals surface area contributed by atoms with E-state index in [1.54, 1.807) is 0 Å². The Morgan fingerprint density at radius 1 is 1.50 bits per heavy atom. The highest BCUT2D eigenvalue weighted by Gasteiger charge is 2.41. The Labute approximate surface area is 102 Å². The monoisotopic (exact) mass is 259 g/mol. The normalized spacial score (nSPS) is 22.0. The van der Waals surface area contributed by atoms with Gasteiger partial charge in [-0.3, -0.25) is 0 Å². The molecule has 1 unspecified atom stereocenters. The minimum Gasteiger partial charge on any atom is -0.456 e. The Bertz CT molecular complexity index is 490. The Morgan fingerprint density at radius 3 is 2.89 bits per heavy atom. The quantitative estimate of drug-likeness (QED) is 0.760. The van der Waals surface area contributed by atoms with Crippen LogP contribution in [0, 0.1) is 5.82 Å². The van der Waals surface area contributed by atoms with Crippen molar-refractivity contribution in [2.75, 3.05) is 17.6 Å². The van der Waals surface area contributed by atoms with E-state index < -0.39 is 24.4 Å². The van der Waals surface area contributed by atoms with Crippen LogP contribution in [0.5, 0.6) is 0 Å². The van der Waals surface area contributed by atoms with Gasteiger partial charge in [-0.25, -0.2) is 18.2 Å². The molecule has 0 saturated carbocycles. The third-order valence-electron chi connectivity index (χ3n) is 2.55. The van der Waals surface area contributed by atoms with Crippen molar-refractivity contribution in [3.8, 4) is 0 Å². The topological polar surface area (TPSA) is 59.6 Å². The Kier molecular flexibility index (Phi) is 3.06. The molecule has 0 aliphatic carbocycles. The maximum atomic E-state index is 13.4. The highest BCUT2D eigenvalue weighted by atomic mass is 19.3. The first kappa shape index (κ1) is 12.5. The number of halogens is 3. The molecular formula is C11H12F3N3O. The number of nitrogens with one attached hydrogen (secondary N) is 1. The summed E-state index contributed by atoms with van der Waals surface area (Å²) in [5, 5.41) is 2.50. The highest BCUT2D eigenvalue weighted by molar-refractivity contribution is 5.90. The zero-order valence-electron chi connectivity index (χ0n) is 9.58. The van der Waals surface area contributed by atoms with Crippen LogP contribution in [0.1, 0.15) is 6.92 Å². The number of benzene rings is 1. The minimum atomic E-state index is -3.01. The van der Waals surface area contributed by atoms with Gasteiger partial charge < -0.3 is 15.8 Å². The average molecular weight is 259 g/mol. The first-order chi connectivity index (χ1) is 8.38. The molecule has 7 heteroatoms. The molecule has 98 valence electrons. The predicted molar refractivity (Wildman–Crippen MR) is 62.2 cm³/mol. The van der Waals surface area contributed by atoms with Crippen molar-refractivity contribution in [3.63, 3.8) is 0 Å². The number of rotatable bonds is 1. The van der Waals surface area contributed by atoms with Crippen molar-refractivity contribution in [2.24, 2.45) is 4.99 Å². The predicted octanol–water partition coefficient (Wildman–Crippen LogP) is 2.23. The van der Waals surface area contributed by atoms with Crippen LogP contribution in [0.2, 0.25) is 0 Å². The molecule has 1 atom stereocenters. The summed E-state index contributed by atoms with van der Waals surface area (Å²) in [6, 6.07) is 3.75. The number of amidine groups is 1. The fraction of sp³-hybridized carbons (Fsp3) is 0.364. The third-order valence-corrected chi connectivity index (χ3v) is 2.55. The summed E-state index contributed by atoms with van der Waals surface area (Å²) in [6.07, 6.45) is -1.32. The van der Waals surface area contributed by atoms with Crippen molar-refractivity contribution in [1.82, 2.24) is 0 Å². The molecule has 3 N–H and O–H groups in total. The standard InChI is InChI=1S/C11H12F3N3O/c1-6-11(13,14)5-16-10(18-6)17-9-4-7(15)2-3-8(9)12/h2-4,6H,5,15H2,1H3,(H,16,17). The largest absolute Gasteiger partial charge is 0.456 e. The molecular weight excluding hydrogens is 247 g/mol. The van der Waals surface area contributed by atoms with Crippen molar-refractivity contribution in [3.05, 3.63) is 24.0 Å². The lowest BCUT2D eigenvalue weighted by atomic mass is 10.2. The molecule has 4 nitrogen and oxygen atoms in total. The first-order valence-electron chi connectivity index (χ1n) is 5.29. The van der Waals surface area contributed by atoms with E-state index in [1.165, 1.54) is 25.1 Å². The van der Waals surface area contributed by atoms with Crippen molar-refractivity contribution in [2.45, 2.75) is 19.0 Å². The number of ether oxygens (including phenoxy) is 1. The molecule has 2 rings (SSSR count). The van der Waals surface area contributed by atoms with Gasteiger partial charge in [0.2, 0.25) is 0 Å². The fourth-order valence-electron chi connectivity index (χ4n) is 1.42. The van der Waals surface area contributed by atoms with Gasteiger partial charge in [-0.05, 0) is 25.1 Å². The SMILES string of the molecule is CC1OC(Nc2cc(N)ccc2F)=NCC1(F)F. The number of hydrogen-bond acceptors (Lipinski definition) is 4. The summed E-state index contributed by atoms with van der Waals surface area (Å²) >= 11 is 0. The molecule has 0 saturated heterocycles. The van der Waals surface area contributed by atoms with Crippen LogP contribution in [0.4, 0.5) is 24.5 Å². The second-order valence-electron chi connectivity index (χ2n) is 4.01. The number of anilines is 2. The number of nitrogen functional groups attached to an aromatic ring is 1. The lowest BCUT2D eigenvalue weighted by molar-refractivity contribution is -0.0943.